The summed E-state index contributed by atoms with van der Waals surface area (Å²) in [5.74, 6) is 0. The zero-order valence-corrected chi connectivity index (χ0v) is 11.2. The highest BCUT2D eigenvalue weighted by atomic mass is 16.6. The van der Waals surface area contributed by atoms with Crippen molar-refractivity contribution in [2.24, 2.45) is 0 Å². The number of carbonyl (C=O) groups is 1. The number of hydrogen-bond donors (Lipinski definition) is 1. The van der Waals surface area contributed by atoms with Gasteiger partial charge >= 0.3 is 6.09 Å². The van der Waals surface area contributed by atoms with E-state index in [1.807, 2.05) is 25.7 Å². The highest BCUT2D eigenvalue weighted by Gasteiger charge is 2.45. The summed E-state index contributed by atoms with van der Waals surface area (Å²) in [6.45, 7) is 8.61. The number of carbonyl (C=O) groups excluding carboxylic acids is 1. The van der Waals surface area contributed by atoms with E-state index in [0.717, 1.165) is 45.3 Å². The summed E-state index contributed by atoms with van der Waals surface area (Å²) >= 11 is 0. The second-order valence-electron chi connectivity index (χ2n) is 6.24. The summed E-state index contributed by atoms with van der Waals surface area (Å²) in [5, 5.41) is 3.42. The van der Waals surface area contributed by atoms with Gasteiger partial charge in [-0.15, -0.1) is 0 Å². The summed E-state index contributed by atoms with van der Waals surface area (Å²) in [7, 11) is 0. The third kappa shape index (κ3) is 2.73. The fourth-order valence-corrected chi connectivity index (χ4v) is 2.94. The monoisotopic (exact) mass is 240 g/mol. The van der Waals surface area contributed by atoms with Crippen LogP contribution in [0.3, 0.4) is 0 Å². The minimum Gasteiger partial charge on any atom is -0.444 e. The Hall–Kier alpha value is -0.770. The van der Waals surface area contributed by atoms with Gasteiger partial charge in [0.2, 0.25) is 0 Å². The SMILES string of the molecule is CC(C)(C)OC(=O)N1CCCC12CCCNC2. The lowest BCUT2D eigenvalue weighted by atomic mass is 9.88. The van der Waals surface area contributed by atoms with E-state index in [-0.39, 0.29) is 11.6 Å². The molecule has 17 heavy (non-hydrogen) atoms. The van der Waals surface area contributed by atoms with Gasteiger partial charge in [0.1, 0.15) is 5.60 Å². The summed E-state index contributed by atoms with van der Waals surface area (Å²) in [6, 6.07) is 0. The van der Waals surface area contributed by atoms with E-state index < -0.39 is 5.60 Å². The molecule has 2 aliphatic heterocycles. The van der Waals surface area contributed by atoms with Gasteiger partial charge in [0.25, 0.3) is 0 Å². The molecule has 2 rings (SSSR count). The van der Waals surface area contributed by atoms with Gasteiger partial charge in [-0.25, -0.2) is 4.79 Å². The molecule has 1 spiro atoms. The van der Waals surface area contributed by atoms with Crippen LogP contribution in [0.15, 0.2) is 0 Å². The summed E-state index contributed by atoms with van der Waals surface area (Å²) in [6.07, 6.45) is 4.33. The molecular formula is C13H24N2O2. The lowest BCUT2D eigenvalue weighted by molar-refractivity contribution is 0.00335. The highest BCUT2D eigenvalue weighted by Crippen LogP contribution is 2.35. The van der Waals surface area contributed by atoms with E-state index >= 15 is 0 Å². The van der Waals surface area contributed by atoms with E-state index in [2.05, 4.69) is 5.32 Å². The van der Waals surface area contributed by atoms with Crippen molar-refractivity contribution in [1.82, 2.24) is 10.2 Å². The first-order chi connectivity index (χ1) is 7.93. The Balaban J connectivity index is 2.06. The Morgan fingerprint density at radius 1 is 1.29 bits per heavy atom. The van der Waals surface area contributed by atoms with Gasteiger partial charge in [-0.3, -0.25) is 0 Å². The fraction of sp³-hybridized carbons (Fsp3) is 0.923. The van der Waals surface area contributed by atoms with E-state index in [1.165, 1.54) is 0 Å². The first-order valence-electron chi connectivity index (χ1n) is 6.64. The average molecular weight is 240 g/mol. The number of nitrogens with one attached hydrogen (secondary N) is 1. The highest BCUT2D eigenvalue weighted by molar-refractivity contribution is 5.69. The Morgan fingerprint density at radius 2 is 2.00 bits per heavy atom. The van der Waals surface area contributed by atoms with Gasteiger partial charge < -0.3 is 15.0 Å². The molecule has 4 heteroatoms. The molecule has 0 saturated carbocycles. The van der Waals surface area contributed by atoms with Crippen LogP contribution in [-0.4, -0.2) is 41.8 Å². The van der Waals surface area contributed by atoms with Crippen LogP contribution in [0, 0.1) is 0 Å². The number of hydrogen-bond acceptors (Lipinski definition) is 3. The predicted octanol–water partition coefficient (Wildman–Crippen LogP) is 2.14. The lowest BCUT2D eigenvalue weighted by Crippen LogP contribution is -2.57. The molecule has 0 aliphatic carbocycles. The zero-order chi connectivity index (χ0) is 12.5. The third-order valence-electron chi connectivity index (χ3n) is 3.66. The van der Waals surface area contributed by atoms with Crippen molar-refractivity contribution >= 4 is 6.09 Å². The van der Waals surface area contributed by atoms with Crippen LogP contribution >= 0.6 is 0 Å². The van der Waals surface area contributed by atoms with Crippen molar-refractivity contribution in [2.45, 2.75) is 57.6 Å². The average Bonchev–Trinajstić information content (AvgIpc) is 2.60. The molecule has 1 atom stereocenters. The maximum absolute atomic E-state index is 12.2. The van der Waals surface area contributed by atoms with E-state index in [4.69, 9.17) is 4.74 Å². The first kappa shape index (κ1) is 12.7. The van der Waals surface area contributed by atoms with Gasteiger partial charge in [0.15, 0.2) is 0 Å². The van der Waals surface area contributed by atoms with E-state index in [0.29, 0.717) is 0 Å². The Kier molecular flexibility index (Phi) is 3.34. The molecule has 2 saturated heterocycles. The predicted molar refractivity (Wildman–Crippen MR) is 67.0 cm³/mol. The molecule has 2 heterocycles. The smallest absolute Gasteiger partial charge is 0.410 e. The third-order valence-corrected chi connectivity index (χ3v) is 3.66. The van der Waals surface area contributed by atoms with Crippen LogP contribution in [0.25, 0.3) is 0 Å². The maximum atomic E-state index is 12.2. The van der Waals surface area contributed by atoms with Crippen LogP contribution in [0.1, 0.15) is 46.5 Å². The summed E-state index contributed by atoms with van der Waals surface area (Å²) in [5.41, 5.74) is -0.371. The molecule has 0 radical (unpaired) electrons. The van der Waals surface area contributed by atoms with Crippen LogP contribution in [0.2, 0.25) is 0 Å². The van der Waals surface area contributed by atoms with Crippen molar-refractivity contribution in [2.75, 3.05) is 19.6 Å². The molecule has 1 unspecified atom stereocenters. The fourth-order valence-electron chi connectivity index (χ4n) is 2.94. The maximum Gasteiger partial charge on any atom is 0.410 e. The second-order valence-corrected chi connectivity index (χ2v) is 6.24. The van der Waals surface area contributed by atoms with Crippen molar-refractivity contribution in [3.63, 3.8) is 0 Å². The number of ether oxygens (including phenoxy) is 1. The molecule has 0 bridgehead atoms. The van der Waals surface area contributed by atoms with Gasteiger partial charge in [0.05, 0.1) is 5.54 Å². The van der Waals surface area contributed by atoms with E-state index in [1.54, 1.807) is 0 Å². The Labute approximate surface area is 104 Å². The van der Waals surface area contributed by atoms with Crippen molar-refractivity contribution in [3.8, 4) is 0 Å². The number of rotatable bonds is 0. The minimum atomic E-state index is -0.400. The number of nitrogens with zero attached hydrogens (tertiary/aromatic N) is 1. The van der Waals surface area contributed by atoms with Crippen molar-refractivity contribution in [3.05, 3.63) is 0 Å². The second kappa shape index (κ2) is 4.48. The molecule has 98 valence electrons. The largest absolute Gasteiger partial charge is 0.444 e. The molecule has 0 aromatic heterocycles. The quantitative estimate of drug-likeness (QED) is 0.705. The van der Waals surface area contributed by atoms with Gasteiger partial charge in [-0.05, 0) is 53.0 Å². The Morgan fingerprint density at radius 3 is 2.59 bits per heavy atom. The number of likely N-dealkylation sites (tertiary alicyclic amines) is 1. The van der Waals surface area contributed by atoms with Gasteiger partial charge in [-0.2, -0.15) is 0 Å². The molecule has 1 amide bonds. The molecule has 2 aliphatic rings. The van der Waals surface area contributed by atoms with Crippen molar-refractivity contribution in [1.29, 1.82) is 0 Å². The standard InChI is InChI=1S/C13H24N2O2/c1-12(2,3)17-11(16)15-9-5-7-13(15)6-4-8-14-10-13/h14H,4-10H2,1-3H3. The summed E-state index contributed by atoms with van der Waals surface area (Å²) in [4.78, 5) is 14.2. The number of piperidine rings is 1. The Bertz CT molecular complexity index is 290. The first-order valence-corrected chi connectivity index (χ1v) is 6.64. The van der Waals surface area contributed by atoms with Crippen molar-refractivity contribution < 1.29 is 9.53 Å². The normalized spacial score (nSPS) is 29.7. The van der Waals surface area contributed by atoms with Gasteiger partial charge in [0, 0.05) is 13.1 Å². The molecule has 0 aromatic carbocycles. The number of amides is 1. The van der Waals surface area contributed by atoms with Crippen LogP contribution in [0.4, 0.5) is 4.79 Å². The lowest BCUT2D eigenvalue weighted by Gasteiger charge is -2.42. The minimum absolute atomic E-state index is 0.0284. The van der Waals surface area contributed by atoms with Gasteiger partial charge in [-0.1, -0.05) is 0 Å². The van der Waals surface area contributed by atoms with Crippen LogP contribution < -0.4 is 5.32 Å². The molecule has 0 aromatic rings. The molecule has 1 N–H and O–H groups in total. The van der Waals surface area contributed by atoms with Crippen LogP contribution in [-0.2, 0) is 4.74 Å². The molecule has 4 nitrogen and oxygen atoms in total. The van der Waals surface area contributed by atoms with E-state index in [9.17, 15) is 4.79 Å². The summed E-state index contributed by atoms with van der Waals surface area (Å²) < 4.78 is 5.51. The zero-order valence-electron chi connectivity index (χ0n) is 11.2. The topological polar surface area (TPSA) is 41.6 Å². The van der Waals surface area contributed by atoms with Crippen LogP contribution in [0.5, 0.6) is 0 Å². The molecular weight excluding hydrogens is 216 g/mol. The molecule has 2 fully saturated rings.